The first-order valence-electron chi connectivity index (χ1n) is 5.31. The van der Waals surface area contributed by atoms with Crippen LogP contribution in [0.25, 0.3) is 0 Å². The Morgan fingerprint density at radius 1 is 1.38 bits per heavy atom. The van der Waals surface area contributed by atoms with Crippen molar-refractivity contribution in [3.8, 4) is 0 Å². The Balaban J connectivity index is 2.25. The molecule has 1 aromatic carbocycles. The van der Waals surface area contributed by atoms with Crippen molar-refractivity contribution in [2.24, 2.45) is 0 Å². The Hall–Kier alpha value is -1.33. The predicted molar refractivity (Wildman–Crippen MR) is 61.1 cm³/mol. The molecule has 0 aliphatic carbocycles. The largest absolute Gasteiger partial charge is 0.488 e. The summed E-state index contributed by atoms with van der Waals surface area (Å²) in [5, 5.41) is 18.1. The number of nitrogens with zero attached hydrogens (tertiary/aromatic N) is 1. The molecule has 5 heteroatoms. The first-order valence-corrected chi connectivity index (χ1v) is 5.31. The van der Waals surface area contributed by atoms with Gasteiger partial charge >= 0.3 is 7.12 Å². The molecule has 0 radical (unpaired) electrons. The average molecular weight is 219 g/mol. The predicted octanol–water partition coefficient (Wildman–Crippen LogP) is -0.729. The van der Waals surface area contributed by atoms with Gasteiger partial charge in [0.05, 0.1) is 0 Å². The van der Waals surface area contributed by atoms with Gasteiger partial charge in [0.15, 0.2) is 0 Å². The molecule has 2 rings (SSSR count). The highest BCUT2D eigenvalue weighted by atomic mass is 16.4. The minimum atomic E-state index is -1.42. The highest BCUT2D eigenvalue weighted by Gasteiger charge is 2.20. The summed E-state index contributed by atoms with van der Waals surface area (Å²) in [4.78, 5) is 13.0. The molecule has 2 N–H and O–H groups in total. The summed E-state index contributed by atoms with van der Waals surface area (Å²) in [5.74, 6) is 0.0805. The number of rotatable bonds is 1. The molecule has 1 aliphatic heterocycles. The van der Waals surface area contributed by atoms with Crippen LogP contribution in [0, 0.1) is 0 Å². The zero-order valence-electron chi connectivity index (χ0n) is 9.18. The average Bonchev–Trinajstić information content (AvgIpc) is 2.27. The smallest absolute Gasteiger partial charge is 0.423 e. The maximum Gasteiger partial charge on any atom is 0.488 e. The van der Waals surface area contributed by atoms with Crippen molar-refractivity contribution in [1.82, 2.24) is 4.90 Å². The Bertz CT molecular complexity index is 420. The van der Waals surface area contributed by atoms with E-state index in [9.17, 15) is 4.79 Å². The quantitative estimate of drug-likeness (QED) is 0.612. The van der Waals surface area contributed by atoms with E-state index >= 15 is 0 Å². The molecule has 0 fully saturated rings. The van der Waals surface area contributed by atoms with E-state index in [1.165, 1.54) is 0 Å². The van der Waals surface area contributed by atoms with Gasteiger partial charge in [-0.2, -0.15) is 0 Å². The van der Waals surface area contributed by atoms with Crippen molar-refractivity contribution in [1.29, 1.82) is 0 Å². The molecule has 0 spiro atoms. The van der Waals surface area contributed by atoms with E-state index in [1.54, 1.807) is 24.0 Å². The van der Waals surface area contributed by atoms with Gasteiger partial charge in [-0.25, -0.2) is 0 Å². The molecule has 1 heterocycles. The lowest BCUT2D eigenvalue weighted by atomic mass is 9.78. The molecule has 1 aliphatic rings. The van der Waals surface area contributed by atoms with Gasteiger partial charge in [0.2, 0.25) is 5.91 Å². The third-order valence-corrected chi connectivity index (χ3v) is 2.99. The van der Waals surface area contributed by atoms with Crippen molar-refractivity contribution in [2.45, 2.75) is 19.9 Å². The highest BCUT2D eigenvalue weighted by Crippen LogP contribution is 2.17. The van der Waals surface area contributed by atoms with Crippen molar-refractivity contribution in [3.63, 3.8) is 0 Å². The molecular weight excluding hydrogens is 205 g/mol. The van der Waals surface area contributed by atoms with Crippen LogP contribution in [0.2, 0.25) is 0 Å². The van der Waals surface area contributed by atoms with Crippen LogP contribution in [0.1, 0.15) is 18.1 Å². The topological polar surface area (TPSA) is 60.8 Å². The Morgan fingerprint density at radius 3 is 2.75 bits per heavy atom. The van der Waals surface area contributed by atoms with Gasteiger partial charge in [-0.05, 0) is 23.0 Å². The van der Waals surface area contributed by atoms with Gasteiger partial charge < -0.3 is 14.9 Å². The van der Waals surface area contributed by atoms with Gasteiger partial charge in [-0.15, -0.1) is 0 Å². The second-order valence-electron chi connectivity index (χ2n) is 4.09. The van der Waals surface area contributed by atoms with Crippen LogP contribution in [0.15, 0.2) is 18.2 Å². The minimum absolute atomic E-state index is 0.0805. The van der Waals surface area contributed by atoms with Crippen LogP contribution < -0.4 is 5.46 Å². The third-order valence-electron chi connectivity index (χ3n) is 2.99. The van der Waals surface area contributed by atoms with E-state index in [4.69, 9.17) is 10.0 Å². The highest BCUT2D eigenvalue weighted by molar-refractivity contribution is 6.58. The van der Waals surface area contributed by atoms with E-state index in [0.29, 0.717) is 18.6 Å². The SMILES string of the molecule is CC(=O)N1CCc2cc(B(O)O)ccc2C1. The molecule has 1 aromatic rings. The summed E-state index contributed by atoms with van der Waals surface area (Å²) < 4.78 is 0. The van der Waals surface area contributed by atoms with Crippen molar-refractivity contribution in [3.05, 3.63) is 29.3 Å². The number of carbonyl (C=O) groups excluding carboxylic acids is 1. The summed E-state index contributed by atoms with van der Waals surface area (Å²) in [6.45, 7) is 2.89. The lowest BCUT2D eigenvalue weighted by molar-refractivity contribution is -0.129. The Kier molecular flexibility index (Phi) is 2.98. The summed E-state index contributed by atoms with van der Waals surface area (Å²) in [6, 6.07) is 5.35. The maximum atomic E-state index is 11.2. The molecule has 16 heavy (non-hydrogen) atoms. The van der Waals surface area contributed by atoms with Crippen LogP contribution in [-0.2, 0) is 17.8 Å². The minimum Gasteiger partial charge on any atom is -0.423 e. The fourth-order valence-corrected chi connectivity index (χ4v) is 2.00. The normalized spacial score (nSPS) is 14.6. The first kappa shape index (κ1) is 11.2. The van der Waals surface area contributed by atoms with E-state index in [-0.39, 0.29) is 5.91 Å². The number of fused-ring (bicyclic) bond motifs is 1. The second kappa shape index (κ2) is 4.27. The van der Waals surface area contributed by atoms with E-state index in [1.807, 2.05) is 6.07 Å². The third kappa shape index (κ3) is 2.10. The van der Waals surface area contributed by atoms with Gasteiger partial charge in [0, 0.05) is 20.0 Å². The molecular formula is C11H14BNO3. The van der Waals surface area contributed by atoms with Crippen LogP contribution in [0.4, 0.5) is 0 Å². The van der Waals surface area contributed by atoms with Gasteiger partial charge in [-0.3, -0.25) is 4.79 Å². The maximum absolute atomic E-state index is 11.2. The molecule has 0 saturated carbocycles. The molecule has 0 saturated heterocycles. The molecule has 1 amide bonds. The second-order valence-corrected chi connectivity index (χ2v) is 4.09. The fourth-order valence-electron chi connectivity index (χ4n) is 2.00. The monoisotopic (exact) mass is 219 g/mol. The van der Waals surface area contributed by atoms with Crippen LogP contribution in [0.3, 0.4) is 0 Å². The van der Waals surface area contributed by atoms with Crippen LogP contribution >= 0.6 is 0 Å². The van der Waals surface area contributed by atoms with Crippen molar-refractivity contribution >= 4 is 18.5 Å². The Morgan fingerprint density at radius 2 is 2.12 bits per heavy atom. The molecule has 84 valence electrons. The standard InChI is InChI=1S/C11H14BNO3/c1-8(14)13-5-4-9-6-11(12(15)16)3-2-10(9)7-13/h2-3,6,15-16H,4-5,7H2,1H3. The summed E-state index contributed by atoms with van der Waals surface area (Å²) >= 11 is 0. The summed E-state index contributed by atoms with van der Waals surface area (Å²) in [7, 11) is -1.42. The number of hydrogen-bond acceptors (Lipinski definition) is 3. The van der Waals surface area contributed by atoms with Crippen LogP contribution in [0.5, 0.6) is 0 Å². The van der Waals surface area contributed by atoms with Gasteiger partial charge in [0.1, 0.15) is 0 Å². The first-order chi connectivity index (χ1) is 7.58. The summed E-state index contributed by atoms with van der Waals surface area (Å²) in [6.07, 6.45) is 0.773. The summed E-state index contributed by atoms with van der Waals surface area (Å²) in [5.41, 5.74) is 2.70. The Labute approximate surface area is 94.7 Å². The van der Waals surface area contributed by atoms with E-state index in [0.717, 1.165) is 17.5 Å². The van der Waals surface area contributed by atoms with E-state index in [2.05, 4.69) is 0 Å². The number of hydrogen-bond donors (Lipinski definition) is 2. The van der Waals surface area contributed by atoms with Crippen molar-refractivity contribution < 1.29 is 14.8 Å². The lowest BCUT2D eigenvalue weighted by Crippen LogP contribution is -2.36. The number of carbonyl (C=O) groups is 1. The molecule has 4 nitrogen and oxygen atoms in total. The molecule has 0 unspecified atom stereocenters. The molecule has 0 bridgehead atoms. The molecule has 0 aromatic heterocycles. The van der Waals surface area contributed by atoms with E-state index < -0.39 is 7.12 Å². The lowest BCUT2D eigenvalue weighted by Gasteiger charge is -2.28. The van der Waals surface area contributed by atoms with Gasteiger partial charge in [-0.1, -0.05) is 18.2 Å². The number of benzene rings is 1. The fraction of sp³-hybridized carbons (Fsp3) is 0.364. The number of amides is 1. The zero-order valence-corrected chi connectivity index (χ0v) is 9.18. The van der Waals surface area contributed by atoms with Crippen LogP contribution in [-0.4, -0.2) is 34.5 Å². The van der Waals surface area contributed by atoms with Gasteiger partial charge in [0.25, 0.3) is 0 Å². The molecule has 0 atom stereocenters. The zero-order chi connectivity index (χ0) is 11.7. The van der Waals surface area contributed by atoms with Crippen molar-refractivity contribution in [2.75, 3.05) is 6.54 Å².